The molecule has 71 heavy (non-hydrogen) atoms. The number of Topliss-reactive ketones (excluding diaryl/α,β-unsaturated/α-hetero) is 2. The minimum Gasteiger partial charge on any atom is -0.512 e. The van der Waals surface area contributed by atoms with Crippen LogP contribution in [-0.4, -0.2) is 46.9 Å². The molecule has 4 rings (SSSR count). The van der Waals surface area contributed by atoms with Crippen molar-refractivity contribution in [3.63, 3.8) is 0 Å². The Bertz CT molecular complexity index is 2040. The summed E-state index contributed by atoms with van der Waals surface area (Å²) < 4.78 is 22.5. The van der Waals surface area contributed by atoms with E-state index in [4.69, 9.17) is 18.9 Å². The van der Waals surface area contributed by atoms with Gasteiger partial charge in [0.1, 0.15) is 23.0 Å². The number of ether oxygens (including phenoxy) is 4. The van der Waals surface area contributed by atoms with E-state index in [0.717, 1.165) is 35.5 Å². The van der Waals surface area contributed by atoms with Crippen molar-refractivity contribution in [1.82, 2.24) is 0 Å². The molecule has 0 aromatic heterocycles. The Balaban J connectivity index is 0.000000480. The molecule has 4 aromatic rings. The third kappa shape index (κ3) is 25.9. The number of hydrogen-bond donors (Lipinski definition) is 2. The van der Waals surface area contributed by atoms with Gasteiger partial charge in [-0.1, -0.05) is 128 Å². The third-order valence-corrected chi connectivity index (χ3v) is 12.0. The van der Waals surface area contributed by atoms with Gasteiger partial charge in [-0.3, -0.25) is 9.59 Å². The Kier molecular flexibility index (Phi) is 31.4. The first kappa shape index (κ1) is 61.5. The van der Waals surface area contributed by atoms with Crippen LogP contribution >= 0.6 is 0 Å². The van der Waals surface area contributed by atoms with E-state index >= 15 is 0 Å². The van der Waals surface area contributed by atoms with Crippen LogP contribution in [0.2, 0.25) is 0 Å². The van der Waals surface area contributed by atoms with E-state index in [1.807, 2.05) is 24.3 Å². The van der Waals surface area contributed by atoms with Crippen LogP contribution in [0.15, 0.2) is 120 Å². The maximum Gasteiger partial charge on any atom is 0.343 e. The number of carbonyl (C=O) groups is 4. The first-order valence-electron chi connectivity index (χ1n) is 25.7. The molecule has 0 fully saturated rings. The molecule has 0 spiro atoms. The van der Waals surface area contributed by atoms with Crippen LogP contribution in [0.25, 0.3) is 0 Å². The number of rotatable bonds is 32. The molecular formula is C60H80CuO10. The zero-order chi connectivity index (χ0) is 50.9. The molecule has 0 unspecified atom stereocenters. The van der Waals surface area contributed by atoms with Crippen molar-refractivity contribution in [2.75, 3.05) is 13.2 Å². The number of aliphatic hydroxyl groups excluding tert-OH is 2. The maximum absolute atomic E-state index is 12.5. The SMILES string of the molecule is CCCCCCCCCCOc1ccc(C(=O)Oc2ccc(CC/C(C(C)=O)=C(\C)O)cc2)cc1.CCCCCCCCCCOc1ccc(C(=O)Oc2ccc(CC/C(C(C)=O)=C(\C)O)cc2)cc1.[Cu]. The first-order valence-corrected chi connectivity index (χ1v) is 25.7. The van der Waals surface area contributed by atoms with Gasteiger partial charge in [0.05, 0.1) is 35.9 Å². The van der Waals surface area contributed by atoms with Gasteiger partial charge < -0.3 is 29.2 Å². The van der Waals surface area contributed by atoms with Crippen LogP contribution < -0.4 is 18.9 Å². The Labute approximate surface area is 435 Å². The summed E-state index contributed by atoms with van der Waals surface area (Å²) in [6, 6.07) is 28.4. The molecule has 0 amide bonds. The molecule has 0 bridgehead atoms. The smallest absolute Gasteiger partial charge is 0.343 e. The number of aliphatic hydroxyl groups is 2. The molecule has 0 aliphatic heterocycles. The second kappa shape index (κ2) is 36.3. The van der Waals surface area contributed by atoms with E-state index in [1.165, 1.54) is 118 Å². The number of carbonyl (C=O) groups excluding carboxylic acids is 4. The summed E-state index contributed by atoms with van der Waals surface area (Å²) >= 11 is 0. The molecule has 2 N–H and O–H groups in total. The summed E-state index contributed by atoms with van der Waals surface area (Å²) in [5.74, 6) is 1.44. The summed E-state index contributed by atoms with van der Waals surface area (Å²) in [5, 5.41) is 19.3. The Morgan fingerprint density at radius 3 is 0.958 bits per heavy atom. The Morgan fingerprint density at radius 1 is 0.394 bits per heavy atom. The van der Waals surface area contributed by atoms with E-state index in [0.29, 0.717) is 72.7 Å². The molecule has 1 radical (unpaired) electrons. The fraction of sp³-hybridized carbons (Fsp3) is 0.467. The van der Waals surface area contributed by atoms with Crippen molar-refractivity contribution in [3.8, 4) is 23.0 Å². The molecule has 0 aliphatic rings. The van der Waals surface area contributed by atoms with Gasteiger partial charge in [-0.15, -0.1) is 0 Å². The number of hydrogen-bond acceptors (Lipinski definition) is 10. The summed E-state index contributed by atoms with van der Waals surface area (Å²) in [4.78, 5) is 48.1. The van der Waals surface area contributed by atoms with Gasteiger partial charge >= 0.3 is 11.9 Å². The largest absolute Gasteiger partial charge is 0.512 e. The average Bonchev–Trinajstić information content (AvgIpc) is 3.34. The number of aryl methyl sites for hydroxylation is 2. The van der Waals surface area contributed by atoms with Gasteiger partial charge in [0.25, 0.3) is 0 Å². The van der Waals surface area contributed by atoms with Gasteiger partial charge in [-0.2, -0.15) is 0 Å². The Morgan fingerprint density at radius 2 is 0.676 bits per heavy atom. The second-order valence-electron chi connectivity index (χ2n) is 18.0. The van der Waals surface area contributed by atoms with Crippen LogP contribution in [0.4, 0.5) is 0 Å². The maximum atomic E-state index is 12.5. The van der Waals surface area contributed by atoms with E-state index in [1.54, 1.807) is 72.8 Å². The second-order valence-corrected chi connectivity index (χ2v) is 18.0. The van der Waals surface area contributed by atoms with Crippen LogP contribution in [0.1, 0.15) is 189 Å². The molecular weight excluding hydrogens is 944 g/mol. The number of unbranched alkanes of at least 4 members (excludes halogenated alkanes) is 14. The van der Waals surface area contributed by atoms with Crippen molar-refractivity contribution in [1.29, 1.82) is 0 Å². The fourth-order valence-electron chi connectivity index (χ4n) is 7.77. The van der Waals surface area contributed by atoms with E-state index in [9.17, 15) is 29.4 Å². The summed E-state index contributed by atoms with van der Waals surface area (Å²) in [7, 11) is 0. The molecule has 391 valence electrons. The average molecular weight is 1020 g/mol. The number of benzene rings is 4. The number of allylic oxidation sites excluding steroid dienone is 4. The zero-order valence-corrected chi connectivity index (χ0v) is 44.2. The predicted octanol–water partition coefficient (Wildman–Crippen LogP) is 15.6. The summed E-state index contributed by atoms with van der Waals surface area (Å²) in [6.07, 6.45) is 22.3. The normalized spacial score (nSPS) is 11.5. The summed E-state index contributed by atoms with van der Waals surface area (Å²) in [5.41, 5.74) is 3.77. The summed E-state index contributed by atoms with van der Waals surface area (Å²) in [6.45, 7) is 11.8. The topological polar surface area (TPSA) is 146 Å². The minimum atomic E-state index is -0.426. The van der Waals surface area contributed by atoms with Crippen LogP contribution in [0.3, 0.4) is 0 Å². The quantitative estimate of drug-likeness (QED) is 0.0121. The number of ketones is 2. The van der Waals surface area contributed by atoms with Crippen LogP contribution in [0, 0.1) is 0 Å². The van der Waals surface area contributed by atoms with Gasteiger partial charge in [0, 0.05) is 28.2 Å². The van der Waals surface area contributed by atoms with Crippen LogP contribution in [0.5, 0.6) is 23.0 Å². The molecule has 0 heterocycles. The van der Waals surface area contributed by atoms with Crippen molar-refractivity contribution in [3.05, 3.63) is 142 Å². The molecule has 0 atom stereocenters. The van der Waals surface area contributed by atoms with E-state index in [-0.39, 0.29) is 40.2 Å². The van der Waals surface area contributed by atoms with Gasteiger partial charge in [-0.05, 0) is 150 Å². The van der Waals surface area contributed by atoms with Crippen molar-refractivity contribution < 1.29 is 65.4 Å². The van der Waals surface area contributed by atoms with Crippen molar-refractivity contribution in [2.24, 2.45) is 0 Å². The van der Waals surface area contributed by atoms with E-state index < -0.39 is 11.9 Å². The molecule has 0 saturated heterocycles. The van der Waals surface area contributed by atoms with Gasteiger partial charge in [-0.25, -0.2) is 9.59 Å². The minimum absolute atomic E-state index is 0. The molecule has 4 aromatic carbocycles. The molecule has 0 saturated carbocycles. The standard InChI is InChI=1S/2C30H40O5.Cu/c2*1-4-5-6-7-8-9-10-11-22-34-27-19-15-26(16-20-27)30(33)35-28-17-12-25(13-18-28)14-21-29(23(2)31)24(3)32;/h2*12-13,15-20,31H,4-11,14,21-22H2,1-3H3;/b2*29-23-;. The molecule has 11 heteroatoms. The monoisotopic (exact) mass is 1020 g/mol. The first-order chi connectivity index (χ1) is 33.8. The van der Waals surface area contributed by atoms with Crippen molar-refractivity contribution >= 4 is 23.5 Å². The molecule has 10 nitrogen and oxygen atoms in total. The van der Waals surface area contributed by atoms with Gasteiger partial charge in [0.2, 0.25) is 0 Å². The zero-order valence-electron chi connectivity index (χ0n) is 43.3. The van der Waals surface area contributed by atoms with Crippen molar-refractivity contribution in [2.45, 2.75) is 170 Å². The number of esters is 2. The predicted molar refractivity (Wildman–Crippen MR) is 281 cm³/mol. The van der Waals surface area contributed by atoms with Crippen LogP contribution in [-0.2, 0) is 39.5 Å². The third-order valence-electron chi connectivity index (χ3n) is 12.0. The Hall–Kier alpha value is -5.64. The molecule has 0 aliphatic carbocycles. The van der Waals surface area contributed by atoms with E-state index in [2.05, 4.69) is 13.8 Å². The fourth-order valence-corrected chi connectivity index (χ4v) is 7.77. The van der Waals surface area contributed by atoms with Gasteiger partial charge in [0.15, 0.2) is 11.6 Å².